The maximum Gasteiger partial charge on any atom is 0.508 e. The van der Waals surface area contributed by atoms with Crippen molar-refractivity contribution in [1.29, 1.82) is 0 Å². The van der Waals surface area contributed by atoms with E-state index in [-0.39, 0.29) is 58.8 Å². The molecule has 0 aromatic heterocycles. The summed E-state index contributed by atoms with van der Waals surface area (Å²) in [6.45, 7) is 6.13. The number of esters is 1. The molecule has 0 aromatic carbocycles. The first-order valence-corrected chi connectivity index (χ1v) is 13.9. The van der Waals surface area contributed by atoms with Gasteiger partial charge in [0.1, 0.15) is 6.54 Å². The molecule has 0 aromatic rings. The van der Waals surface area contributed by atoms with Gasteiger partial charge in [-0.2, -0.15) is 0 Å². The van der Waals surface area contributed by atoms with Crippen molar-refractivity contribution in [3.63, 3.8) is 0 Å². The molecule has 0 aliphatic rings. The summed E-state index contributed by atoms with van der Waals surface area (Å²) in [5.74, 6) is -0.768. The Kier molecular flexibility index (Phi) is 20.0. The van der Waals surface area contributed by atoms with Crippen LogP contribution in [0.25, 0.3) is 0 Å². The fourth-order valence-corrected chi connectivity index (χ4v) is 3.62. The van der Waals surface area contributed by atoms with Gasteiger partial charge in [0.2, 0.25) is 5.96 Å². The number of likely N-dealkylation sites (N-methyl/N-ethyl adjacent to an activating group) is 1. The molecule has 14 nitrogen and oxygen atoms in total. The zero-order valence-electron chi connectivity index (χ0n) is 22.3. The number of rotatable bonds is 20. The van der Waals surface area contributed by atoms with Crippen molar-refractivity contribution in [2.24, 2.45) is 10.5 Å². The van der Waals surface area contributed by atoms with Gasteiger partial charge in [-0.15, -0.1) is 4.76 Å². The summed E-state index contributed by atoms with van der Waals surface area (Å²) in [6, 6.07) is 0. The molecule has 37 heavy (non-hydrogen) atoms. The van der Waals surface area contributed by atoms with Crippen LogP contribution in [-0.4, -0.2) is 89.0 Å². The lowest BCUT2D eigenvalue weighted by Gasteiger charge is -2.20. The number of unbranched alkanes of at least 4 members (excludes halogenated alkanes) is 2. The Morgan fingerprint density at radius 2 is 1.16 bits per heavy atom. The number of hydrogen-bond acceptors (Lipinski definition) is 11. The van der Waals surface area contributed by atoms with Crippen LogP contribution in [-0.2, 0) is 42.1 Å². The molecule has 0 aliphatic carbocycles. The fraction of sp³-hybridized carbons (Fsp3) is 0.818. The number of carbonyl (C=O) groups excluding carboxylic acids is 3. The molecule has 0 saturated heterocycles. The SMILES string of the molecule is CCCOC(=O)OCCCCOP(=O)(/N=C(\N)N(C)CC(=O)OCC)OCCCCOC(=O)OCCC. The predicted octanol–water partition coefficient (Wildman–Crippen LogP) is 3.62. The lowest BCUT2D eigenvalue weighted by molar-refractivity contribution is -0.143. The zero-order chi connectivity index (χ0) is 27.9. The van der Waals surface area contributed by atoms with E-state index >= 15 is 0 Å². The van der Waals surface area contributed by atoms with E-state index in [2.05, 4.69) is 4.76 Å². The van der Waals surface area contributed by atoms with Crippen LogP contribution in [0.15, 0.2) is 4.76 Å². The van der Waals surface area contributed by atoms with Gasteiger partial charge in [-0.25, -0.2) is 14.2 Å². The van der Waals surface area contributed by atoms with E-state index < -0.39 is 26.0 Å². The van der Waals surface area contributed by atoms with Crippen LogP contribution >= 0.6 is 7.75 Å². The average molecular weight is 556 g/mol. The number of nitrogens with zero attached hydrogens (tertiary/aromatic N) is 2. The monoisotopic (exact) mass is 555 g/mol. The first-order valence-electron chi connectivity index (χ1n) is 12.4. The molecular formula is C22H42N3O11P. The second kappa shape index (κ2) is 21.5. The molecule has 0 fully saturated rings. The van der Waals surface area contributed by atoms with E-state index in [9.17, 15) is 18.9 Å². The Labute approximate surface area is 218 Å². The molecule has 0 aliphatic heterocycles. The summed E-state index contributed by atoms with van der Waals surface area (Å²) < 4.78 is 52.2. The summed E-state index contributed by atoms with van der Waals surface area (Å²) >= 11 is 0. The lowest BCUT2D eigenvalue weighted by Crippen LogP contribution is -2.38. The second-order valence-electron chi connectivity index (χ2n) is 7.56. The van der Waals surface area contributed by atoms with E-state index in [1.54, 1.807) is 6.92 Å². The quantitative estimate of drug-likeness (QED) is 0.0576. The molecule has 0 rings (SSSR count). The molecule has 0 unspecified atom stereocenters. The third kappa shape index (κ3) is 19.2. The van der Waals surface area contributed by atoms with Crippen molar-refractivity contribution >= 4 is 32.0 Å². The second-order valence-corrected chi connectivity index (χ2v) is 9.22. The van der Waals surface area contributed by atoms with Gasteiger partial charge in [0.05, 0.1) is 46.2 Å². The van der Waals surface area contributed by atoms with Gasteiger partial charge in [-0.1, -0.05) is 13.8 Å². The Morgan fingerprint density at radius 3 is 1.59 bits per heavy atom. The van der Waals surface area contributed by atoms with Crippen LogP contribution in [0.2, 0.25) is 0 Å². The van der Waals surface area contributed by atoms with E-state index in [0.29, 0.717) is 38.5 Å². The number of guanidine groups is 1. The summed E-state index contributed by atoms with van der Waals surface area (Å²) in [4.78, 5) is 35.6. The Morgan fingerprint density at radius 1 is 0.730 bits per heavy atom. The van der Waals surface area contributed by atoms with Gasteiger partial charge in [-0.3, -0.25) is 13.8 Å². The lowest BCUT2D eigenvalue weighted by atomic mass is 10.3. The van der Waals surface area contributed by atoms with Crippen molar-refractivity contribution in [3.8, 4) is 0 Å². The highest BCUT2D eigenvalue weighted by Crippen LogP contribution is 2.50. The maximum absolute atomic E-state index is 13.2. The summed E-state index contributed by atoms with van der Waals surface area (Å²) in [6.07, 6.45) is 1.50. The molecule has 0 spiro atoms. The highest BCUT2D eigenvalue weighted by Gasteiger charge is 2.26. The minimum atomic E-state index is -4.05. The minimum Gasteiger partial charge on any atom is -0.465 e. The molecule has 15 heteroatoms. The third-order valence-electron chi connectivity index (χ3n) is 4.16. The van der Waals surface area contributed by atoms with Crippen LogP contribution in [0.4, 0.5) is 9.59 Å². The van der Waals surface area contributed by atoms with Gasteiger partial charge < -0.3 is 34.3 Å². The van der Waals surface area contributed by atoms with Crippen LogP contribution in [0.5, 0.6) is 0 Å². The Hall–Kier alpha value is -2.57. The number of carbonyl (C=O) groups is 3. The summed E-state index contributed by atoms with van der Waals surface area (Å²) in [7, 11) is -2.57. The number of nitrogens with two attached hydrogens (primary N) is 1. The van der Waals surface area contributed by atoms with Crippen LogP contribution in [0.3, 0.4) is 0 Å². The highest BCUT2D eigenvalue weighted by atomic mass is 31.2. The highest BCUT2D eigenvalue weighted by molar-refractivity contribution is 7.52. The molecule has 2 N–H and O–H groups in total. The van der Waals surface area contributed by atoms with Gasteiger partial charge >= 0.3 is 26.0 Å². The number of ether oxygens (including phenoxy) is 5. The molecule has 0 bridgehead atoms. The average Bonchev–Trinajstić information content (AvgIpc) is 2.85. The van der Waals surface area contributed by atoms with Gasteiger partial charge in [0.25, 0.3) is 0 Å². The molecular weight excluding hydrogens is 513 g/mol. The van der Waals surface area contributed by atoms with Crippen LogP contribution < -0.4 is 5.73 Å². The van der Waals surface area contributed by atoms with Crippen molar-refractivity contribution in [1.82, 2.24) is 4.90 Å². The third-order valence-corrected chi connectivity index (χ3v) is 5.63. The van der Waals surface area contributed by atoms with E-state index in [4.69, 9.17) is 38.5 Å². The Bertz CT molecular complexity index is 701. The van der Waals surface area contributed by atoms with Crippen LogP contribution in [0, 0.1) is 0 Å². The predicted molar refractivity (Wildman–Crippen MR) is 134 cm³/mol. The largest absolute Gasteiger partial charge is 0.508 e. The van der Waals surface area contributed by atoms with Crippen molar-refractivity contribution < 1.29 is 51.7 Å². The normalized spacial score (nSPS) is 11.5. The molecule has 0 amide bonds. The zero-order valence-corrected chi connectivity index (χ0v) is 23.2. The van der Waals surface area contributed by atoms with Crippen molar-refractivity contribution in [3.05, 3.63) is 0 Å². The van der Waals surface area contributed by atoms with E-state index in [1.165, 1.54) is 11.9 Å². The van der Waals surface area contributed by atoms with E-state index in [0.717, 1.165) is 0 Å². The fourth-order valence-electron chi connectivity index (χ4n) is 2.31. The summed E-state index contributed by atoms with van der Waals surface area (Å²) in [5.41, 5.74) is 5.89. The smallest absolute Gasteiger partial charge is 0.465 e. The van der Waals surface area contributed by atoms with Crippen molar-refractivity contribution in [2.45, 2.75) is 59.3 Å². The first kappa shape index (κ1) is 34.4. The van der Waals surface area contributed by atoms with Gasteiger partial charge in [0, 0.05) is 7.05 Å². The first-order chi connectivity index (χ1) is 17.7. The van der Waals surface area contributed by atoms with Crippen LogP contribution in [0.1, 0.15) is 59.3 Å². The van der Waals surface area contributed by atoms with Gasteiger partial charge in [-0.05, 0) is 45.4 Å². The standard InChI is InChI=1S/C22H42N3O11P/c1-5-12-31-21(27)33-14-8-10-16-35-37(29,24-20(23)25(4)18-19(26)30-7-3)36-17-11-9-15-34-22(28)32-13-6-2/h5-18H2,1-4H3,(H2,23,24,29). The maximum atomic E-state index is 13.2. The topological polar surface area (TPSA) is 175 Å². The molecule has 0 heterocycles. The van der Waals surface area contributed by atoms with Gasteiger partial charge in [0.15, 0.2) is 0 Å². The molecule has 0 saturated carbocycles. The molecule has 216 valence electrons. The van der Waals surface area contributed by atoms with Crippen molar-refractivity contribution in [2.75, 3.05) is 59.8 Å². The Balaban J connectivity index is 4.75. The minimum absolute atomic E-state index is 0.0185. The summed E-state index contributed by atoms with van der Waals surface area (Å²) in [5, 5.41) is 0. The molecule has 0 radical (unpaired) electrons. The number of hydrogen-bond donors (Lipinski definition) is 1. The molecule has 0 atom stereocenters. The van der Waals surface area contributed by atoms with E-state index in [1.807, 2.05) is 13.8 Å².